The van der Waals surface area contributed by atoms with E-state index in [1.54, 1.807) is 7.11 Å². The van der Waals surface area contributed by atoms with Crippen LogP contribution in [-0.2, 0) is 19.4 Å². The fraction of sp³-hybridized carbons (Fsp3) is 1.00. The molecule has 2 fully saturated rings. The van der Waals surface area contributed by atoms with E-state index in [9.17, 15) is 0 Å². The van der Waals surface area contributed by atoms with Crippen LogP contribution < -0.4 is 0 Å². The van der Waals surface area contributed by atoms with Crippen LogP contribution in [0.4, 0.5) is 0 Å². The number of methoxy groups -OCH3 is 1. The maximum atomic E-state index is 9.14. The highest BCUT2D eigenvalue weighted by atomic mass is 17.3. The molecule has 0 bridgehead atoms. The Balaban J connectivity index is 1.93. The molecule has 5 nitrogen and oxygen atoms in total. The van der Waals surface area contributed by atoms with E-state index in [2.05, 4.69) is 4.89 Å². The summed E-state index contributed by atoms with van der Waals surface area (Å²) < 4.78 is 5.55. The van der Waals surface area contributed by atoms with Crippen LogP contribution >= 0.6 is 0 Å². The molecule has 0 radical (unpaired) electrons. The van der Waals surface area contributed by atoms with Gasteiger partial charge in [-0.15, -0.1) is 0 Å². The molecule has 0 unspecified atom stereocenters. The third-order valence-electron chi connectivity index (χ3n) is 4.36. The second-order valence-electron chi connectivity index (χ2n) is 5.76. The molecule has 1 N–H and O–H groups in total. The van der Waals surface area contributed by atoms with Gasteiger partial charge in [-0.1, -0.05) is 19.3 Å². The molecule has 112 valence electrons. The van der Waals surface area contributed by atoms with Crippen molar-refractivity contribution >= 4 is 0 Å². The molecule has 5 heteroatoms. The normalized spacial score (nSPS) is 26.8. The van der Waals surface area contributed by atoms with Gasteiger partial charge in [0.15, 0.2) is 0 Å². The Bertz CT molecular complexity index is 255. The molecule has 2 aliphatic carbocycles. The summed E-state index contributed by atoms with van der Waals surface area (Å²) in [7, 11) is 1.65. The minimum atomic E-state index is -1.00. The van der Waals surface area contributed by atoms with Gasteiger partial charge in [0.2, 0.25) is 11.6 Å². The van der Waals surface area contributed by atoms with Crippen molar-refractivity contribution in [2.75, 3.05) is 7.11 Å². The lowest BCUT2D eigenvalue weighted by molar-refractivity contribution is -0.549. The summed E-state index contributed by atoms with van der Waals surface area (Å²) in [6, 6.07) is 0. The molecular formula is C14H26O5. The average molecular weight is 274 g/mol. The number of rotatable bonds is 5. The van der Waals surface area contributed by atoms with Crippen LogP contribution in [-0.4, -0.2) is 23.9 Å². The summed E-state index contributed by atoms with van der Waals surface area (Å²) in [5.41, 5.74) is 0. The van der Waals surface area contributed by atoms with Crippen LogP contribution in [0.15, 0.2) is 0 Å². The smallest absolute Gasteiger partial charge is 0.233 e. The minimum absolute atomic E-state index is 0.656. The molecule has 2 saturated carbocycles. The molecule has 0 aromatic rings. The summed E-state index contributed by atoms with van der Waals surface area (Å²) in [4.78, 5) is 15.7. The van der Waals surface area contributed by atoms with Crippen LogP contribution in [0.25, 0.3) is 0 Å². The fourth-order valence-corrected chi connectivity index (χ4v) is 3.02. The molecule has 0 saturated heterocycles. The van der Waals surface area contributed by atoms with Crippen molar-refractivity contribution in [3.8, 4) is 0 Å². The van der Waals surface area contributed by atoms with Gasteiger partial charge in [0.1, 0.15) is 0 Å². The van der Waals surface area contributed by atoms with Gasteiger partial charge in [0, 0.05) is 32.8 Å². The quantitative estimate of drug-likeness (QED) is 0.358. The van der Waals surface area contributed by atoms with Crippen molar-refractivity contribution < 1.29 is 24.7 Å². The maximum Gasteiger partial charge on any atom is 0.233 e. The summed E-state index contributed by atoms with van der Waals surface area (Å²) in [5, 5.41) is 9.14. The van der Waals surface area contributed by atoms with E-state index < -0.39 is 11.6 Å². The van der Waals surface area contributed by atoms with Crippen LogP contribution in [0.5, 0.6) is 0 Å². The highest BCUT2D eigenvalue weighted by molar-refractivity contribution is 4.75. The SMILES string of the molecule is COC1(OOC2(OO)CCCCC2)CCCCCC1. The molecule has 0 aromatic carbocycles. The number of ether oxygens (including phenoxy) is 1. The molecule has 0 spiro atoms. The zero-order valence-electron chi connectivity index (χ0n) is 11.9. The van der Waals surface area contributed by atoms with Gasteiger partial charge in [-0.2, -0.15) is 9.78 Å². The molecule has 0 aromatic heterocycles. The first-order chi connectivity index (χ1) is 9.24. The molecular weight excluding hydrogens is 248 g/mol. The summed E-state index contributed by atoms with van der Waals surface area (Å²) in [6.45, 7) is 0. The standard InChI is InChI=1S/C14H26O5/c1-16-13(9-5-2-3-6-10-13)18-19-14(17-15)11-7-4-8-12-14/h15H,2-12H2,1H3. The highest BCUT2D eigenvalue weighted by Gasteiger charge is 2.41. The molecule has 19 heavy (non-hydrogen) atoms. The van der Waals surface area contributed by atoms with Crippen molar-refractivity contribution in [3.05, 3.63) is 0 Å². The monoisotopic (exact) mass is 274 g/mol. The first-order valence-electron chi connectivity index (χ1n) is 7.49. The Labute approximate surface area is 115 Å². The predicted molar refractivity (Wildman–Crippen MR) is 69.1 cm³/mol. The van der Waals surface area contributed by atoms with Crippen molar-refractivity contribution in [2.45, 2.75) is 82.2 Å². The Hall–Kier alpha value is -0.200. The molecule has 0 heterocycles. The van der Waals surface area contributed by atoms with Crippen molar-refractivity contribution in [1.29, 1.82) is 0 Å². The van der Waals surface area contributed by atoms with E-state index in [0.29, 0.717) is 12.8 Å². The lowest BCUT2D eigenvalue weighted by atomic mass is 9.94. The van der Waals surface area contributed by atoms with Gasteiger partial charge < -0.3 is 4.74 Å². The Morgan fingerprint density at radius 3 is 1.58 bits per heavy atom. The third-order valence-corrected chi connectivity index (χ3v) is 4.36. The fourth-order valence-electron chi connectivity index (χ4n) is 3.02. The van der Waals surface area contributed by atoms with E-state index in [1.807, 2.05) is 0 Å². The molecule has 0 atom stereocenters. The number of hydrogen-bond donors (Lipinski definition) is 1. The topological polar surface area (TPSA) is 57.2 Å². The van der Waals surface area contributed by atoms with Crippen molar-refractivity contribution in [3.63, 3.8) is 0 Å². The minimum Gasteiger partial charge on any atom is -0.351 e. The van der Waals surface area contributed by atoms with Crippen molar-refractivity contribution in [2.24, 2.45) is 0 Å². The lowest BCUT2D eigenvalue weighted by Gasteiger charge is -2.37. The lowest BCUT2D eigenvalue weighted by Crippen LogP contribution is -2.43. The van der Waals surface area contributed by atoms with Gasteiger partial charge in [-0.3, -0.25) is 0 Å². The van der Waals surface area contributed by atoms with Crippen LogP contribution in [0, 0.1) is 0 Å². The first-order valence-corrected chi connectivity index (χ1v) is 7.49. The average Bonchev–Trinajstić information content (AvgIpc) is 2.72. The predicted octanol–water partition coefficient (Wildman–Crippen LogP) is 3.78. The third kappa shape index (κ3) is 3.89. The van der Waals surface area contributed by atoms with E-state index in [0.717, 1.165) is 44.9 Å². The zero-order chi connectivity index (χ0) is 13.6. The largest absolute Gasteiger partial charge is 0.351 e. The number of hydrogen-bond acceptors (Lipinski definition) is 5. The molecule has 2 rings (SSSR count). The van der Waals surface area contributed by atoms with E-state index in [1.165, 1.54) is 12.8 Å². The Morgan fingerprint density at radius 1 is 0.684 bits per heavy atom. The van der Waals surface area contributed by atoms with Gasteiger partial charge in [-0.05, 0) is 25.7 Å². The molecule has 0 aliphatic heterocycles. The summed E-state index contributed by atoms with van der Waals surface area (Å²) >= 11 is 0. The highest BCUT2D eigenvalue weighted by Crippen LogP contribution is 2.37. The van der Waals surface area contributed by atoms with E-state index in [4.69, 9.17) is 19.8 Å². The van der Waals surface area contributed by atoms with Gasteiger partial charge in [0.25, 0.3) is 0 Å². The van der Waals surface area contributed by atoms with Gasteiger partial charge >= 0.3 is 0 Å². The Morgan fingerprint density at radius 2 is 1.11 bits per heavy atom. The van der Waals surface area contributed by atoms with Crippen molar-refractivity contribution in [1.82, 2.24) is 0 Å². The summed E-state index contributed by atoms with van der Waals surface area (Å²) in [6.07, 6.45) is 10.6. The maximum absolute atomic E-state index is 9.14. The second-order valence-corrected chi connectivity index (χ2v) is 5.76. The zero-order valence-corrected chi connectivity index (χ0v) is 11.9. The van der Waals surface area contributed by atoms with Gasteiger partial charge in [-0.25, -0.2) is 10.1 Å². The summed E-state index contributed by atoms with van der Waals surface area (Å²) in [5.74, 6) is -1.68. The first kappa shape index (κ1) is 15.2. The van der Waals surface area contributed by atoms with Gasteiger partial charge in [0.05, 0.1) is 0 Å². The molecule has 0 amide bonds. The van der Waals surface area contributed by atoms with E-state index >= 15 is 0 Å². The van der Waals surface area contributed by atoms with E-state index in [-0.39, 0.29) is 0 Å². The van der Waals surface area contributed by atoms with Crippen LogP contribution in [0.3, 0.4) is 0 Å². The van der Waals surface area contributed by atoms with Crippen LogP contribution in [0.1, 0.15) is 70.6 Å². The second kappa shape index (κ2) is 6.99. The molecule has 2 aliphatic rings. The Kier molecular flexibility index (Phi) is 5.59. The van der Waals surface area contributed by atoms with Crippen LogP contribution in [0.2, 0.25) is 0 Å².